The van der Waals surface area contributed by atoms with Crippen LogP contribution in [0.15, 0.2) is 18.2 Å². The molecule has 0 unspecified atom stereocenters. The quantitative estimate of drug-likeness (QED) is 0.772. The number of benzene rings is 1. The van der Waals surface area contributed by atoms with Gasteiger partial charge in [0.15, 0.2) is 0 Å². The summed E-state index contributed by atoms with van der Waals surface area (Å²) in [5, 5.41) is 6.16. The third-order valence-electron chi connectivity index (χ3n) is 3.06. The molecule has 1 aromatic rings. The summed E-state index contributed by atoms with van der Waals surface area (Å²) in [4.78, 5) is 12.0. The van der Waals surface area contributed by atoms with Crippen molar-refractivity contribution in [3.8, 4) is 0 Å². The Hall–Kier alpha value is -1.55. The van der Waals surface area contributed by atoms with Gasteiger partial charge in [-0.3, -0.25) is 4.79 Å². The molecule has 0 spiro atoms. The van der Waals surface area contributed by atoms with Gasteiger partial charge in [-0.15, -0.1) is 0 Å². The summed E-state index contributed by atoms with van der Waals surface area (Å²) >= 11 is 0. The fourth-order valence-corrected chi connectivity index (χ4v) is 2.10. The van der Waals surface area contributed by atoms with E-state index >= 15 is 0 Å². The second kappa shape index (κ2) is 6.57. The highest BCUT2D eigenvalue weighted by atomic mass is 16.5. The summed E-state index contributed by atoms with van der Waals surface area (Å²) in [5.41, 5.74) is 3.10. The van der Waals surface area contributed by atoms with Crippen molar-refractivity contribution in [2.45, 2.75) is 20.3 Å². The Morgan fingerprint density at radius 2 is 2.32 bits per heavy atom. The maximum Gasteiger partial charge on any atom is 0.251 e. The zero-order valence-corrected chi connectivity index (χ0v) is 11.7. The fraction of sp³-hybridized carbons (Fsp3) is 0.533. The van der Waals surface area contributed by atoms with Crippen molar-refractivity contribution < 1.29 is 9.53 Å². The van der Waals surface area contributed by atoms with Gasteiger partial charge in [-0.1, -0.05) is 13.8 Å². The molecule has 0 bridgehead atoms. The number of rotatable bonds is 6. The summed E-state index contributed by atoms with van der Waals surface area (Å²) in [7, 11) is 0. The van der Waals surface area contributed by atoms with Crippen LogP contribution >= 0.6 is 0 Å². The molecule has 2 rings (SSSR count). The first kappa shape index (κ1) is 13.9. The van der Waals surface area contributed by atoms with Crippen molar-refractivity contribution in [2.24, 2.45) is 5.92 Å². The highest BCUT2D eigenvalue weighted by Crippen LogP contribution is 2.22. The molecule has 0 saturated heterocycles. The van der Waals surface area contributed by atoms with Crippen LogP contribution < -0.4 is 10.6 Å². The summed E-state index contributed by atoms with van der Waals surface area (Å²) < 4.78 is 5.43. The Bertz CT molecular complexity index is 444. The molecule has 104 valence electrons. The van der Waals surface area contributed by atoms with Gasteiger partial charge in [0.2, 0.25) is 0 Å². The second-order valence-electron chi connectivity index (χ2n) is 5.27. The van der Waals surface area contributed by atoms with Crippen LogP contribution in [0.25, 0.3) is 0 Å². The Kier molecular flexibility index (Phi) is 4.80. The van der Waals surface area contributed by atoms with E-state index in [0.29, 0.717) is 19.1 Å². The first-order chi connectivity index (χ1) is 9.16. The maximum atomic E-state index is 12.0. The lowest BCUT2D eigenvalue weighted by molar-refractivity contribution is 0.0886. The Morgan fingerprint density at radius 3 is 3.11 bits per heavy atom. The van der Waals surface area contributed by atoms with Gasteiger partial charge in [-0.05, 0) is 36.1 Å². The second-order valence-corrected chi connectivity index (χ2v) is 5.27. The molecule has 0 atom stereocenters. The molecule has 0 saturated carbocycles. The van der Waals surface area contributed by atoms with E-state index in [1.165, 1.54) is 5.56 Å². The smallest absolute Gasteiger partial charge is 0.251 e. The number of nitrogens with one attached hydrogen (secondary N) is 2. The molecular weight excluding hydrogens is 240 g/mol. The molecule has 1 aromatic carbocycles. The van der Waals surface area contributed by atoms with Crippen LogP contribution in [0.3, 0.4) is 0 Å². The molecule has 1 amide bonds. The molecule has 2 N–H and O–H groups in total. The molecule has 1 heterocycles. The van der Waals surface area contributed by atoms with Gasteiger partial charge >= 0.3 is 0 Å². The molecule has 0 fully saturated rings. The van der Waals surface area contributed by atoms with Crippen molar-refractivity contribution in [1.82, 2.24) is 5.32 Å². The number of fused-ring (bicyclic) bond motifs is 1. The molecular formula is C15H22N2O2. The number of hydrogen-bond donors (Lipinski definition) is 2. The predicted octanol–water partition coefficient (Wildman–Crippen LogP) is 2.06. The highest BCUT2D eigenvalue weighted by molar-refractivity contribution is 5.95. The average molecular weight is 262 g/mol. The van der Waals surface area contributed by atoms with Crippen molar-refractivity contribution in [2.75, 3.05) is 31.6 Å². The molecule has 1 aliphatic heterocycles. The van der Waals surface area contributed by atoms with Gasteiger partial charge in [-0.25, -0.2) is 0 Å². The van der Waals surface area contributed by atoms with Gasteiger partial charge in [0.05, 0.1) is 6.61 Å². The van der Waals surface area contributed by atoms with Crippen LogP contribution in [0.2, 0.25) is 0 Å². The van der Waals surface area contributed by atoms with Crippen LogP contribution in [0.5, 0.6) is 0 Å². The lowest BCUT2D eigenvalue weighted by atomic mass is 10.1. The van der Waals surface area contributed by atoms with E-state index in [0.717, 1.165) is 30.8 Å². The summed E-state index contributed by atoms with van der Waals surface area (Å²) in [5.74, 6) is 0.503. The average Bonchev–Trinajstić information content (AvgIpc) is 2.84. The largest absolute Gasteiger partial charge is 0.384 e. The fourth-order valence-electron chi connectivity index (χ4n) is 2.10. The highest BCUT2D eigenvalue weighted by Gasteiger charge is 2.12. The summed E-state index contributed by atoms with van der Waals surface area (Å²) in [6.45, 7) is 7.04. The van der Waals surface area contributed by atoms with Gasteiger partial charge in [-0.2, -0.15) is 0 Å². The Morgan fingerprint density at radius 1 is 1.47 bits per heavy atom. The molecule has 4 nitrogen and oxygen atoms in total. The topological polar surface area (TPSA) is 50.4 Å². The van der Waals surface area contributed by atoms with Gasteiger partial charge in [0.1, 0.15) is 0 Å². The lowest BCUT2D eigenvalue weighted by Gasteiger charge is -2.09. The summed E-state index contributed by atoms with van der Waals surface area (Å²) in [6.07, 6.45) is 0.994. The van der Waals surface area contributed by atoms with Crippen LogP contribution in [-0.4, -0.2) is 32.2 Å². The third kappa shape index (κ3) is 3.96. The van der Waals surface area contributed by atoms with Crippen LogP contribution in [0, 0.1) is 5.92 Å². The standard InChI is InChI=1S/C15H22N2O2/c1-11(2)10-19-8-7-17-15(18)13-3-4-14-12(9-13)5-6-16-14/h3-4,9,11,16H,5-8,10H2,1-2H3,(H,17,18). The zero-order valence-electron chi connectivity index (χ0n) is 11.7. The van der Waals surface area contributed by atoms with Crippen LogP contribution in [-0.2, 0) is 11.2 Å². The molecule has 0 radical (unpaired) electrons. The van der Waals surface area contributed by atoms with E-state index in [2.05, 4.69) is 24.5 Å². The number of carbonyl (C=O) groups is 1. The lowest BCUT2D eigenvalue weighted by Crippen LogP contribution is -2.27. The molecule has 0 aliphatic carbocycles. The van der Waals surface area contributed by atoms with Gasteiger partial charge in [0.25, 0.3) is 5.91 Å². The first-order valence-corrected chi connectivity index (χ1v) is 6.89. The Labute approximate surface area is 114 Å². The minimum Gasteiger partial charge on any atom is -0.384 e. The monoisotopic (exact) mass is 262 g/mol. The van der Waals surface area contributed by atoms with E-state index < -0.39 is 0 Å². The Balaban J connectivity index is 1.77. The third-order valence-corrected chi connectivity index (χ3v) is 3.06. The van der Waals surface area contributed by atoms with Crippen LogP contribution in [0.4, 0.5) is 5.69 Å². The van der Waals surface area contributed by atoms with E-state index in [1.54, 1.807) is 0 Å². The molecule has 4 heteroatoms. The number of hydrogen-bond acceptors (Lipinski definition) is 3. The first-order valence-electron chi connectivity index (χ1n) is 6.89. The molecule has 19 heavy (non-hydrogen) atoms. The normalized spacial score (nSPS) is 13.2. The van der Waals surface area contributed by atoms with E-state index in [9.17, 15) is 4.79 Å². The van der Waals surface area contributed by atoms with Crippen molar-refractivity contribution in [3.63, 3.8) is 0 Å². The predicted molar refractivity (Wildman–Crippen MR) is 76.6 cm³/mol. The molecule has 0 aromatic heterocycles. The maximum absolute atomic E-state index is 12.0. The summed E-state index contributed by atoms with van der Waals surface area (Å²) in [6, 6.07) is 5.81. The van der Waals surface area contributed by atoms with Crippen molar-refractivity contribution >= 4 is 11.6 Å². The van der Waals surface area contributed by atoms with Gasteiger partial charge < -0.3 is 15.4 Å². The van der Waals surface area contributed by atoms with E-state index in [-0.39, 0.29) is 5.91 Å². The minimum absolute atomic E-state index is 0.0251. The van der Waals surface area contributed by atoms with Crippen LogP contribution in [0.1, 0.15) is 29.8 Å². The number of carbonyl (C=O) groups excluding carboxylic acids is 1. The van der Waals surface area contributed by atoms with Crippen molar-refractivity contribution in [3.05, 3.63) is 29.3 Å². The number of ether oxygens (including phenoxy) is 1. The molecule has 1 aliphatic rings. The number of amides is 1. The van der Waals surface area contributed by atoms with Crippen molar-refractivity contribution in [1.29, 1.82) is 0 Å². The van der Waals surface area contributed by atoms with E-state index in [4.69, 9.17) is 4.74 Å². The number of anilines is 1. The van der Waals surface area contributed by atoms with E-state index in [1.807, 2.05) is 18.2 Å². The zero-order chi connectivity index (χ0) is 13.7. The SMILES string of the molecule is CC(C)COCCNC(=O)c1ccc2c(c1)CCN2. The van der Waals surface area contributed by atoms with Gasteiger partial charge in [0, 0.05) is 30.9 Å². The minimum atomic E-state index is -0.0251.